The van der Waals surface area contributed by atoms with Crippen LogP contribution in [0.3, 0.4) is 0 Å². The molecule has 1 aliphatic rings. The number of alkyl halides is 3. The molecule has 2 rings (SSSR count). The molecular weight excluding hydrogens is 349 g/mol. The highest BCUT2D eigenvalue weighted by Crippen LogP contribution is 2.23. The topological polar surface area (TPSA) is 42.0 Å². The summed E-state index contributed by atoms with van der Waals surface area (Å²) in [6.07, 6.45) is -3.43. The summed E-state index contributed by atoms with van der Waals surface area (Å²) in [6.45, 7) is 7.39. The first kappa shape index (κ1) is 20.5. The largest absolute Gasteiger partial charge is 0.573 e. The van der Waals surface area contributed by atoms with Crippen LogP contribution >= 0.6 is 0 Å². The fourth-order valence-corrected chi connectivity index (χ4v) is 2.91. The zero-order chi connectivity index (χ0) is 19.0. The van der Waals surface area contributed by atoms with Crippen LogP contribution in [0, 0.1) is 0 Å². The molecule has 0 atom stereocenters. The molecule has 8 heteroatoms. The monoisotopic (exact) mass is 374 g/mol. The van der Waals surface area contributed by atoms with Crippen molar-refractivity contribution in [1.29, 1.82) is 0 Å². The third-order valence-corrected chi connectivity index (χ3v) is 4.19. The van der Waals surface area contributed by atoms with E-state index in [1.54, 1.807) is 19.1 Å². The van der Waals surface area contributed by atoms with Gasteiger partial charge in [-0.2, -0.15) is 0 Å². The molecule has 146 valence electrons. The van der Waals surface area contributed by atoms with Crippen molar-refractivity contribution in [3.8, 4) is 5.75 Å². The third-order valence-electron chi connectivity index (χ3n) is 4.19. The standard InChI is InChI=1S/C18H25F3N2O3/c1-2-25-17(24)4-3-9-22-10-12-23(13-11-22)14-15-5-7-16(8-6-15)26-18(19,20)21/h5-8H,2-4,9-14H2,1H3. The van der Waals surface area contributed by atoms with Crippen molar-refractivity contribution >= 4 is 5.97 Å². The van der Waals surface area contributed by atoms with Crippen molar-refractivity contribution in [2.24, 2.45) is 0 Å². The average Bonchev–Trinajstić information content (AvgIpc) is 2.57. The first-order valence-corrected chi connectivity index (χ1v) is 8.81. The highest BCUT2D eigenvalue weighted by Gasteiger charge is 2.31. The van der Waals surface area contributed by atoms with Crippen molar-refractivity contribution in [2.45, 2.75) is 32.7 Å². The molecule has 1 aromatic rings. The number of ether oxygens (including phenoxy) is 2. The molecular formula is C18H25F3N2O3. The van der Waals surface area contributed by atoms with Crippen molar-refractivity contribution in [3.05, 3.63) is 29.8 Å². The molecule has 0 spiro atoms. The zero-order valence-electron chi connectivity index (χ0n) is 14.9. The minimum Gasteiger partial charge on any atom is -0.466 e. The van der Waals surface area contributed by atoms with Gasteiger partial charge in [0.25, 0.3) is 0 Å². The lowest BCUT2D eigenvalue weighted by Crippen LogP contribution is -2.46. The van der Waals surface area contributed by atoms with E-state index in [2.05, 4.69) is 14.5 Å². The van der Waals surface area contributed by atoms with Crippen LogP contribution in [0.5, 0.6) is 5.75 Å². The molecule has 26 heavy (non-hydrogen) atoms. The smallest absolute Gasteiger partial charge is 0.466 e. The quantitative estimate of drug-likeness (QED) is 0.655. The average molecular weight is 374 g/mol. The minimum atomic E-state index is -4.66. The molecule has 1 fully saturated rings. The Kier molecular flexibility index (Phi) is 7.71. The maximum absolute atomic E-state index is 12.2. The lowest BCUT2D eigenvalue weighted by Gasteiger charge is -2.34. The van der Waals surface area contributed by atoms with E-state index in [0.717, 1.165) is 44.7 Å². The number of halogens is 3. The molecule has 0 amide bonds. The van der Waals surface area contributed by atoms with Crippen LogP contribution in [-0.4, -0.2) is 61.5 Å². The summed E-state index contributed by atoms with van der Waals surface area (Å²) in [7, 11) is 0. The third kappa shape index (κ3) is 7.61. The van der Waals surface area contributed by atoms with Gasteiger partial charge in [-0.05, 0) is 37.6 Å². The number of esters is 1. The van der Waals surface area contributed by atoms with E-state index in [-0.39, 0.29) is 11.7 Å². The second-order valence-electron chi connectivity index (χ2n) is 6.22. The summed E-state index contributed by atoms with van der Waals surface area (Å²) in [5.41, 5.74) is 0.954. The van der Waals surface area contributed by atoms with Gasteiger partial charge < -0.3 is 14.4 Å². The predicted octanol–water partition coefficient (Wildman–Crippen LogP) is 3.05. The lowest BCUT2D eigenvalue weighted by atomic mass is 10.2. The highest BCUT2D eigenvalue weighted by molar-refractivity contribution is 5.69. The molecule has 5 nitrogen and oxygen atoms in total. The van der Waals surface area contributed by atoms with Gasteiger partial charge in [-0.3, -0.25) is 9.69 Å². The lowest BCUT2D eigenvalue weighted by molar-refractivity contribution is -0.274. The Morgan fingerprint density at radius 1 is 1.08 bits per heavy atom. The molecule has 0 unspecified atom stereocenters. The SMILES string of the molecule is CCOC(=O)CCCN1CCN(Cc2ccc(OC(F)(F)F)cc2)CC1. The van der Waals surface area contributed by atoms with Gasteiger partial charge in [-0.1, -0.05) is 12.1 Å². The van der Waals surface area contributed by atoms with Gasteiger partial charge in [0, 0.05) is 39.1 Å². The second kappa shape index (κ2) is 9.78. The number of carbonyl (C=O) groups is 1. The summed E-state index contributed by atoms with van der Waals surface area (Å²) in [5, 5.41) is 0. The van der Waals surface area contributed by atoms with Crippen LogP contribution in [0.1, 0.15) is 25.3 Å². The Bertz CT molecular complexity index is 556. The van der Waals surface area contributed by atoms with E-state index < -0.39 is 6.36 Å². The van der Waals surface area contributed by atoms with Gasteiger partial charge in [0.1, 0.15) is 5.75 Å². The first-order chi connectivity index (χ1) is 12.4. The van der Waals surface area contributed by atoms with Crippen LogP contribution in [-0.2, 0) is 16.1 Å². The van der Waals surface area contributed by atoms with Gasteiger partial charge in [0.05, 0.1) is 6.61 Å². The number of rotatable bonds is 8. The van der Waals surface area contributed by atoms with Crippen LogP contribution in [0.15, 0.2) is 24.3 Å². The van der Waals surface area contributed by atoms with Gasteiger partial charge >= 0.3 is 12.3 Å². The Morgan fingerprint density at radius 3 is 2.27 bits per heavy atom. The molecule has 1 saturated heterocycles. The second-order valence-corrected chi connectivity index (χ2v) is 6.22. The van der Waals surface area contributed by atoms with Crippen molar-refractivity contribution in [1.82, 2.24) is 9.80 Å². The summed E-state index contributed by atoms with van der Waals surface area (Å²) < 4.78 is 45.3. The molecule has 0 saturated carbocycles. The van der Waals surface area contributed by atoms with E-state index in [1.165, 1.54) is 12.1 Å². The Labute approximate surface area is 151 Å². The number of hydrogen-bond acceptors (Lipinski definition) is 5. The number of piperazine rings is 1. The summed E-state index contributed by atoms with van der Waals surface area (Å²) in [6, 6.07) is 6.00. The van der Waals surface area contributed by atoms with Crippen LogP contribution in [0.25, 0.3) is 0 Å². The van der Waals surface area contributed by atoms with Crippen LogP contribution < -0.4 is 4.74 Å². The minimum absolute atomic E-state index is 0.149. The zero-order valence-corrected chi connectivity index (χ0v) is 14.9. The van der Waals surface area contributed by atoms with Crippen LogP contribution in [0.4, 0.5) is 13.2 Å². The fraction of sp³-hybridized carbons (Fsp3) is 0.611. The summed E-state index contributed by atoms with van der Waals surface area (Å²) in [4.78, 5) is 15.9. The fourth-order valence-electron chi connectivity index (χ4n) is 2.91. The summed E-state index contributed by atoms with van der Waals surface area (Å²) >= 11 is 0. The van der Waals surface area contributed by atoms with Crippen molar-refractivity contribution in [2.75, 3.05) is 39.3 Å². The number of benzene rings is 1. The van der Waals surface area contributed by atoms with E-state index in [0.29, 0.717) is 19.6 Å². The molecule has 0 N–H and O–H groups in total. The van der Waals surface area contributed by atoms with Gasteiger partial charge in [0.15, 0.2) is 0 Å². The van der Waals surface area contributed by atoms with Crippen LogP contribution in [0.2, 0.25) is 0 Å². The molecule has 0 radical (unpaired) electrons. The summed E-state index contributed by atoms with van der Waals surface area (Å²) in [5.74, 6) is -0.350. The highest BCUT2D eigenvalue weighted by atomic mass is 19.4. The van der Waals surface area contributed by atoms with E-state index in [4.69, 9.17) is 4.74 Å². The van der Waals surface area contributed by atoms with Crippen molar-refractivity contribution in [3.63, 3.8) is 0 Å². The molecule has 1 aliphatic heterocycles. The predicted molar refractivity (Wildman–Crippen MR) is 90.7 cm³/mol. The number of hydrogen-bond donors (Lipinski definition) is 0. The van der Waals surface area contributed by atoms with Gasteiger partial charge in [-0.25, -0.2) is 0 Å². The van der Waals surface area contributed by atoms with E-state index >= 15 is 0 Å². The maximum atomic E-state index is 12.2. The molecule has 1 heterocycles. The Morgan fingerprint density at radius 2 is 1.69 bits per heavy atom. The molecule has 0 aromatic heterocycles. The molecule has 0 bridgehead atoms. The normalized spacial score (nSPS) is 16.5. The number of carbonyl (C=O) groups excluding carboxylic acids is 1. The maximum Gasteiger partial charge on any atom is 0.573 e. The van der Waals surface area contributed by atoms with E-state index in [9.17, 15) is 18.0 Å². The Balaban J connectivity index is 1.67. The van der Waals surface area contributed by atoms with Gasteiger partial charge in [0.2, 0.25) is 0 Å². The molecule has 1 aromatic carbocycles. The van der Waals surface area contributed by atoms with Crippen molar-refractivity contribution < 1.29 is 27.4 Å². The molecule has 0 aliphatic carbocycles. The first-order valence-electron chi connectivity index (χ1n) is 8.81. The van der Waals surface area contributed by atoms with E-state index in [1.807, 2.05) is 0 Å². The number of nitrogens with zero attached hydrogens (tertiary/aromatic N) is 2. The Hall–Kier alpha value is -1.80. The van der Waals surface area contributed by atoms with Gasteiger partial charge in [-0.15, -0.1) is 13.2 Å².